The average Bonchev–Trinajstić information content (AvgIpc) is 3.42. The molecule has 0 amide bonds. The number of hydrogen-bond acceptors (Lipinski definition) is 4. The molecule has 2 aliphatic rings. The van der Waals surface area contributed by atoms with E-state index in [0.717, 1.165) is 44.4 Å². The topological polar surface area (TPSA) is 52.1 Å². The maximum absolute atomic E-state index is 5.65. The summed E-state index contributed by atoms with van der Waals surface area (Å²) in [6.45, 7) is 8.66. The number of nitrogens with zero attached hydrogens (tertiary/aromatic N) is 3. The Bertz CT molecular complexity index is 635. The first-order valence-corrected chi connectivity index (χ1v) is 10.8. The molecule has 164 valence electrons. The number of aliphatic imine (C=N–C) groups is 1. The van der Waals surface area contributed by atoms with Crippen molar-refractivity contribution in [2.75, 3.05) is 53.4 Å². The van der Waals surface area contributed by atoms with Crippen molar-refractivity contribution < 1.29 is 4.74 Å². The Labute approximate surface area is 193 Å². The van der Waals surface area contributed by atoms with Crippen molar-refractivity contribution in [2.45, 2.75) is 44.7 Å². The van der Waals surface area contributed by atoms with Crippen LogP contribution in [0, 0.1) is 0 Å². The minimum atomic E-state index is 0. The van der Waals surface area contributed by atoms with Crippen LogP contribution in [0.3, 0.4) is 0 Å². The maximum atomic E-state index is 5.65. The van der Waals surface area contributed by atoms with Gasteiger partial charge in [0, 0.05) is 31.7 Å². The lowest BCUT2D eigenvalue weighted by Gasteiger charge is -2.30. The number of hydrogen-bond donors (Lipinski definition) is 2. The molecular formula is C22H38IN5O. The van der Waals surface area contributed by atoms with Gasteiger partial charge in [0.25, 0.3) is 0 Å². The monoisotopic (exact) mass is 515 g/mol. The maximum Gasteiger partial charge on any atom is 0.191 e. The Hall–Kier alpha value is -1.06. The summed E-state index contributed by atoms with van der Waals surface area (Å²) >= 11 is 0. The number of methoxy groups -OCH3 is 1. The fraction of sp³-hybridized carbons (Fsp3) is 0.682. The van der Waals surface area contributed by atoms with Crippen LogP contribution in [0.1, 0.15) is 44.2 Å². The molecule has 1 aromatic carbocycles. The Morgan fingerprint density at radius 3 is 2.62 bits per heavy atom. The van der Waals surface area contributed by atoms with Gasteiger partial charge in [-0.1, -0.05) is 25.1 Å². The number of rotatable bonds is 8. The van der Waals surface area contributed by atoms with E-state index < -0.39 is 0 Å². The molecule has 0 radical (unpaired) electrons. The highest BCUT2D eigenvalue weighted by atomic mass is 127. The quantitative estimate of drug-likeness (QED) is 0.317. The van der Waals surface area contributed by atoms with Crippen molar-refractivity contribution in [3.8, 4) is 5.75 Å². The van der Waals surface area contributed by atoms with Gasteiger partial charge in [-0.2, -0.15) is 0 Å². The van der Waals surface area contributed by atoms with Crippen LogP contribution in [0.2, 0.25) is 0 Å². The number of likely N-dealkylation sites (tertiary alicyclic amines) is 2. The Kier molecular flexibility index (Phi) is 10.5. The summed E-state index contributed by atoms with van der Waals surface area (Å²) < 4.78 is 5.65. The van der Waals surface area contributed by atoms with E-state index in [9.17, 15) is 0 Å². The van der Waals surface area contributed by atoms with E-state index in [1.54, 1.807) is 7.11 Å². The van der Waals surface area contributed by atoms with Crippen molar-refractivity contribution >= 4 is 29.9 Å². The highest BCUT2D eigenvalue weighted by Gasteiger charge is 2.26. The van der Waals surface area contributed by atoms with Gasteiger partial charge in [-0.15, -0.1) is 24.0 Å². The molecule has 2 saturated heterocycles. The van der Waals surface area contributed by atoms with Gasteiger partial charge in [0.2, 0.25) is 0 Å². The molecule has 3 rings (SSSR count). The molecule has 2 aliphatic heterocycles. The first-order valence-electron chi connectivity index (χ1n) is 10.8. The minimum Gasteiger partial charge on any atom is -0.496 e. The fourth-order valence-corrected chi connectivity index (χ4v) is 4.60. The van der Waals surface area contributed by atoms with Crippen LogP contribution < -0.4 is 15.4 Å². The van der Waals surface area contributed by atoms with Gasteiger partial charge in [0.15, 0.2) is 5.96 Å². The molecule has 7 heteroatoms. The molecule has 0 bridgehead atoms. The molecule has 0 spiro atoms. The third-order valence-corrected chi connectivity index (χ3v) is 6.18. The summed E-state index contributed by atoms with van der Waals surface area (Å²) in [5, 5.41) is 7.13. The Morgan fingerprint density at radius 1 is 1.17 bits per heavy atom. The highest BCUT2D eigenvalue weighted by molar-refractivity contribution is 14.0. The van der Waals surface area contributed by atoms with Crippen molar-refractivity contribution in [3.05, 3.63) is 29.8 Å². The zero-order valence-electron chi connectivity index (χ0n) is 18.2. The molecule has 29 heavy (non-hydrogen) atoms. The summed E-state index contributed by atoms with van der Waals surface area (Å²) in [4.78, 5) is 9.58. The number of ether oxygens (including phenoxy) is 1. The zero-order chi connectivity index (χ0) is 19.8. The zero-order valence-corrected chi connectivity index (χ0v) is 20.5. The smallest absolute Gasteiger partial charge is 0.191 e. The molecule has 2 unspecified atom stereocenters. The second-order valence-electron chi connectivity index (χ2n) is 7.76. The molecule has 0 aliphatic carbocycles. The summed E-state index contributed by atoms with van der Waals surface area (Å²) in [5.41, 5.74) is 1.25. The third kappa shape index (κ3) is 6.46. The van der Waals surface area contributed by atoms with Gasteiger partial charge in [0.1, 0.15) is 5.75 Å². The highest BCUT2D eigenvalue weighted by Crippen LogP contribution is 2.31. The van der Waals surface area contributed by atoms with Crippen LogP contribution in [-0.2, 0) is 0 Å². The largest absolute Gasteiger partial charge is 0.496 e. The van der Waals surface area contributed by atoms with Crippen molar-refractivity contribution in [2.24, 2.45) is 4.99 Å². The molecule has 0 aromatic heterocycles. The van der Waals surface area contributed by atoms with Gasteiger partial charge in [-0.3, -0.25) is 14.8 Å². The minimum absolute atomic E-state index is 0. The van der Waals surface area contributed by atoms with Crippen LogP contribution in [0.15, 0.2) is 29.3 Å². The van der Waals surface area contributed by atoms with E-state index >= 15 is 0 Å². The molecule has 1 aromatic rings. The lowest BCUT2D eigenvalue weighted by Crippen LogP contribution is -2.47. The van der Waals surface area contributed by atoms with E-state index in [0.29, 0.717) is 6.04 Å². The number of nitrogens with one attached hydrogen (secondary N) is 2. The summed E-state index contributed by atoms with van der Waals surface area (Å²) in [7, 11) is 3.62. The molecule has 2 fully saturated rings. The van der Waals surface area contributed by atoms with Crippen LogP contribution in [0.25, 0.3) is 0 Å². The summed E-state index contributed by atoms with van der Waals surface area (Å²) in [6.07, 6.45) is 5.12. The normalized spacial score (nSPS) is 21.6. The first kappa shape index (κ1) is 24.2. The standard InChI is InChI=1S/C22H37N5O.HI/c1-4-26-15-9-10-18(26)16-24-22(23-2)25-17-20(27-13-7-8-14-27)19-11-5-6-12-21(19)28-3;/h5-6,11-12,18,20H,4,7-10,13-17H2,1-3H3,(H2,23,24,25);1H. The number of benzene rings is 1. The van der Waals surface area contributed by atoms with E-state index in [1.165, 1.54) is 37.8 Å². The Balaban J connectivity index is 0.00000300. The molecule has 0 saturated carbocycles. The second kappa shape index (κ2) is 12.6. The van der Waals surface area contributed by atoms with Gasteiger partial charge in [-0.25, -0.2) is 0 Å². The molecule has 6 nitrogen and oxygen atoms in total. The lowest BCUT2D eigenvalue weighted by molar-refractivity contribution is 0.239. The van der Waals surface area contributed by atoms with Crippen molar-refractivity contribution in [3.63, 3.8) is 0 Å². The van der Waals surface area contributed by atoms with Gasteiger partial charge in [0.05, 0.1) is 13.2 Å². The Morgan fingerprint density at radius 2 is 1.93 bits per heavy atom. The molecular weight excluding hydrogens is 477 g/mol. The molecule has 2 heterocycles. The van der Waals surface area contributed by atoms with Crippen LogP contribution in [0.4, 0.5) is 0 Å². The van der Waals surface area contributed by atoms with Gasteiger partial charge < -0.3 is 15.4 Å². The number of halogens is 1. The van der Waals surface area contributed by atoms with Crippen LogP contribution in [0.5, 0.6) is 5.75 Å². The van der Waals surface area contributed by atoms with Crippen LogP contribution in [-0.4, -0.2) is 75.2 Å². The number of likely N-dealkylation sites (N-methyl/N-ethyl adjacent to an activating group) is 1. The van der Waals surface area contributed by atoms with E-state index in [2.05, 4.69) is 50.5 Å². The van der Waals surface area contributed by atoms with E-state index in [-0.39, 0.29) is 30.0 Å². The predicted molar refractivity (Wildman–Crippen MR) is 132 cm³/mol. The summed E-state index contributed by atoms with van der Waals surface area (Å²) in [6, 6.07) is 9.30. The predicted octanol–water partition coefficient (Wildman–Crippen LogP) is 3.10. The number of guanidine groups is 1. The average molecular weight is 515 g/mol. The van der Waals surface area contributed by atoms with Crippen LogP contribution >= 0.6 is 24.0 Å². The molecule has 2 atom stereocenters. The lowest BCUT2D eigenvalue weighted by atomic mass is 10.0. The van der Waals surface area contributed by atoms with Gasteiger partial charge >= 0.3 is 0 Å². The fourth-order valence-electron chi connectivity index (χ4n) is 4.60. The number of para-hydroxylation sites is 1. The second-order valence-corrected chi connectivity index (χ2v) is 7.76. The summed E-state index contributed by atoms with van der Waals surface area (Å²) in [5.74, 6) is 1.86. The van der Waals surface area contributed by atoms with E-state index in [1.807, 2.05) is 13.1 Å². The third-order valence-electron chi connectivity index (χ3n) is 6.18. The van der Waals surface area contributed by atoms with Crippen molar-refractivity contribution in [1.82, 2.24) is 20.4 Å². The van der Waals surface area contributed by atoms with E-state index in [4.69, 9.17) is 4.74 Å². The van der Waals surface area contributed by atoms with Crippen molar-refractivity contribution in [1.29, 1.82) is 0 Å². The first-order chi connectivity index (χ1) is 13.8. The molecule has 2 N–H and O–H groups in total. The SMILES string of the molecule is CCN1CCCC1CNC(=NC)NCC(c1ccccc1OC)N1CCCC1.I. The van der Waals surface area contributed by atoms with Gasteiger partial charge in [-0.05, 0) is 57.9 Å².